The van der Waals surface area contributed by atoms with Crippen LogP contribution >= 0.6 is 0 Å². The van der Waals surface area contributed by atoms with Crippen molar-refractivity contribution in [1.29, 1.82) is 0 Å². The molecule has 0 aliphatic carbocycles. The second-order valence-corrected chi connectivity index (χ2v) is 3.31. The van der Waals surface area contributed by atoms with Crippen LogP contribution in [-0.2, 0) is 9.47 Å². The number of rotatable bonds is 2. The molecule has 0 aromatic rings. The highest BCUT2D eigenvalue weighted by Crippen LogP contribution is 2.17. The van der Waals surface area contributed by atoms with Crippen molar-refractivity contribution in [3.63, 3.8) is 0 Å². The number of ether oxygens (including phenoxy) is 2. The molecule has 1 aliphatic heterocycles. The molecule has 0 unspecified atom stereocenters. The summed E-state index contributed by atoms with van der Waals surface area (Å²) in [6.07, 6.45) is 0. The third-order valence-corrected chi connectivity index (χ3v) is 1.82. The van der Waals surface area contributed by atoms with Gasteiger partial charge < -0.3 is 9.47 Å². The fraction of sp³-hybridized carbons (Fsp3) is 0.875. The number of hydrogen-bond donors (Lipinski definition) is 0. The van der Waals surface area contributed by atoms with E-state index in [0.717, 1.165) is 0 Å². The molecule has 3 heteroatoms. The van der Waals surface area contributed by atoms with Gasteiger partial charge in [0.15, 0.2) is 0 Å². The third-order valence-electron chi connectivity index (χ3n) is 1.82. The average Bonchev–Trinajstić information content (AvgIpc) is 2.36. The van der Waals surface area contributed by atoms with Crippen LogP contribution < -0.4 is 0 Å². The highest BCUT2D eigenvalue weighted by Gasteiger charge is 2.30. The zero-order valence-corrected chi connectivity index (χ0v) is 7.55. The first-order valence-electron chi connectivity index (χ1n) is 3.82. The first-order chi connectivity index (χ1) is 5.06. The van der Waals surface area contributed by atoms with E-state index >= 15 is 0 Å². The van der Waals surface area contributed by atoms with Crippen molar-refractivity contribution in [3.05, 3.63) is 0 Å². The molecule has 3 nitrogen and oxygen atoms in total. The van der Waals surface area contributed by atoms with E-state index in [-0.39, 0.29) is 11.6 Å². The predicted molar refractivity (Wildman–Crippen MR) is 43.9 cm³/mol. The quantitative estimate of drug-likeness (QED) is 0.603. The molecule has 0 aromatic heterocycles. The lowest BCUT2D eigenvalue weighted by Gasteiger charge is -2.21. The van der Waals surface area contributed by atoms with E-state index < -0.39 is 0 Å². The summed E-state index contributed by atoms with van der Waals surface area (Å²) >= 11 is 0. The first kappa shape index (κ1) is 8.53. The van der Waals surface area contributed by atoms with Crippen LogP contribution in [0.1, 0.15) is 20.8 Å². The lowest BCUT2D eigenvalue weighted by molar-refractivity contribution is 0.0619. The summed E-state index contributed by atoms with van der Waals surface area (Å²) < 4.78 is 10.6. The SMILES string of the molecule is COC(C)(C)C1=N[C@H](C)CO1. The number of nitrogens with zero attached hydrogens (tertiary/aromatic N) is 1. The Morgan fingerprint density at radius 3 is 2.64 bits per heavy atom. The second kappa shape index (κ2) is 2.81. The number of aliphatic imine (C=N–C) groups is 1. The fourth-order valence-electron chi connectivity index (χ4n) is 0.891. The van der Waals surface area contributed by atoms with Gasteiger partial charge in [-0.25, -0.2) is 4.99 Å². The molecule has 0 radical (unpaired) electrons. The molecule has 0 spiro atoms. The van der Waals surface area contributed by atoms with Gasteiger partial charge in [0.2, 0.25) is 5.90 Å². The van der Waals surface area contributed by atoms with Gasteiger partial charge >= 0.3 is 0 Å². The molecule has 0 aromatic carbocycles. The summed E-state index contributed by atoms with van der Waals surface area (Å²) in [5.41, 5.74) is -0.370. The van der Waals surface area contributed by atoms with E-state index in [4.69, 9.17) is 9.47 Å². The van der Waals surface area contributed by atoms with Crippen LogP contribution in [0.5, 0.6) is 0 Å². The molecule has 11 heavy (non-hydrogen) atoms. The minimum Gasteiger partial charge on any atom is -0.477 e. The summed E-state index contributed by atoms with van der Waals surface area (Å²) in [5, 5.41) is 0. The Balaban J connectivity index is 2.68. The van der Waals surface area contributed by atoms with E-state index in [9.17, 15) is 0 Å². The van der Waals surface area contributed by atoms with Crippen molar-refractivity contribution >= 4 is 5.90 Å². The summed E-state index contributed by atoms with van der Waals surface area (Å²) in [6.45, 7) is 6.61. The van der Waals surface area contributed by atoms with Crippen molar-refractivity contribution in [3.8, 4) is 0 Å². The molecule has 1 rings (SSSR count). The maximum atomic E-state index is 5.35. The van der Waals surface area contributed by atoms with Gasteiger partial charge in [0.25, 0.3) is 0 Å². The van der Waals surface area contributed by atoms with Gasteiger partial charge in [-0.3, -0.25) is 0 Å². The Bertz CT molecular complexity index is 175. The maximum absolute atomic E-state index is 5.35. The van der Waals surface area contributed by atoms with Crippen LogP contribution in [0.3, 0.4) is 0 Å². The van der Waals surface area contributed by atoms with E-state index in [0.29, 0.717) is 12.5 Å². The molecule has 64 valence electrons. The summed E-state index contributed by atoms with van der Waals surface area (Å²) in [6, 6.07) is 0.277. The third kappa shape index (κ3) is 1.71. The molecular formula is C8H15NO2. The van der Waals surface area contributed by atoms with Crippen LogP contribution in [0.15, 0.2) is 4.99 Å². The molecular weight excluding hydrogens is 142 g/mol. The monoisotopic (exact) mass is 157 g/mol. The molecule has 0 saturated carbocycles. The predicted octanol–water partition coefficient (Wildman–Crippen LogP) is 1.23. The summed E-state index contributed by atoms with van der Waals surface area (Å²) in [4.78, 5) is 4.30. The lowest BCUT2D eigenvalue weighted by Crippen LogP contribution is -2.33. The Kier molecular flexibility index (Phi) is 2.18. The van der Waals surface area contributed by atoms with E-state index in [2.05, 4.69) is 4.99 Å². The van der Waals surface area contributed by atoms with Crippen molar-refractivity contribution in [2.45, 2.75) is 32.4 Å². The highest BCUT2D eigenvalue weighted by molar-refractivity contribution is 5.85. The van der Waals surface area contributed by atoms with Gasteiger partial charge in [-0.15, -0.1) is 0 Å². The lowest BCUT2D eigenvalue weighted by atomic mass is 10.1. The van der Waals surface area contributed by atoms with E-state index in [1.165, 1.54) is 0 Å². The Morgan fingerprint density at radius 1 is 1.64 bits per heavy atom. The largest absolute Gasteiger partial charge is 0.477 e. The van der Waals surface area contributed by atoms with Gasteiger partial charge in [0.1, 0.15) is 12.2 Å². The Labute approximate surface area is 67.4 Å². The summed E-state index contributed by atoms with van der Waals surface area (Å²) in [7, 11) is 1.66. The number of hydrogen-bond acceptors (Lipinski definition) is 3. The van der Waals surface area contributed by atoms with Gasteiger partial charge in [-0.2, -0.15) is 0 Å². The van der Waals surface area contributed by atoms with Crippen LogP contribution in [0, 0.1) is 0 Å². The van der Waals surface area contributed by atoms with Gasteiger partial charge in [0, 0.05) is 7.11 Å². The van der Waals surface area contributed by atoms with Crippen LogP contribution in [0.2, 0.25) is 0 Å². The van der Waals surface area contributed by atoms with Crippen molar-refractivity contribution < 1.29 is 9.47 Å². The zero-order valence-electron chi connectivity index (χ0n) is 7.55. The Morgan fingerprint density at radius 2 is 2.27 bits per heavy atom. The average molecular weight is 157 g/mol. The molecule has 0 saturated heterocycles. The van der Waals surface area contributed by atoms with Gasteiger partial charge in [-0.05, 0) is 20.8 Å². The van der Waals surface area contributed by atoms with Gasteiger partial charge in [0.05, 0.1) is 6.04 Å². The topological polar surface area (TPSA) is 30.8 Å². The van der Waals surface area contributed by atoms with Crippen molar-refractivity contribution in [2.24, 2.45) is 4.99 Å². The van der Waals surface area contributed by atoms with Crippen molar-refractivity contribution in [2.75, 3.05) is 13.7 Å². The highest BCUT2D eigenvalue weighted by atomic mass is 16.5. The normalized spacial score (nSPS) is 24.7. The second-order valence-electron chi connectivity index (χ2n) is 3.31. The summed E-state index contributed by atoms with van der Waals surface area (Å²) in [5.74, 6) is 0.715. The van der Waals surface area contributed by atoms with Crippen LogP contribution in [0.25, 0.3) is 0 Å². The molecule has 0 N–H and O–H groups in total. The van der Waals surface area contributed by atoms with Crippen molar-refractivity contribution in [1.82, 2.24) is 0 Å². The molecule has 0 fully saturated rings. The standard InChI is InChI=1S/C8H15NO2/c1-6-5-11-7(9-6)8(2,3)10-4/h6H,5H2,1-4H3/t6-/m1/s1. The molecule has 0 amide bonds. The van der Waals surface area contributed by atoms with E-state index in [1.54, 1.807) is 7.11 Å². The Hall–Kier alpha value is -0.570. The minimum atomic E-state index is -0.370. The molecule has 1 atom stereocenters. The smallest absolute Gasteiger partial charge is 0.216 e. The zero-order chi connectivity index (χ0) is 8.48. The van der Waals surface area contributed by atoms with Crippen LogP contribution in [-0.4, -0.2) is 31.3 Å². The molecule has 0 bridgehead atoms. The molecule has 1 heterocycles. The molecule has 1 aliphatic rings. The number of methoxy groups -OCH3 is 1. The minimum absolute atomic E-state index is 0.277. The van der Waals surface area contributed by atoms with Gasteiger partial charge in [-0.1, -0.05) is 0 Å². The fourth-order valence-corrected chi connectivity index (χ4v) is 0.891. The first-order valence-corrected chi connectivity index (χ1v) is 3.82. The van der Waals surface area contributed by atoms with E-state index in [1.807, 2.05) is 20.8 Å². The maximum Gasteiger partial charge on any atom is 0.216 e. The van der Waals surface area contributed by atoms with Crippen LogP contribution in [0.4, 0.5) is 0 Å².